The Kier molecular flexibility index (Phi) is 4.29. The molecule has 2 heterocycles. The van der Waals surface area contributed by atoms with Crippen LogP contribution < -0.4 is 4.74 Å². The Hall–Kier alpha value is -3.15. The molecule has 0 bridgehead atoms. The first kappa shape index (κ1) is 15.7. The van der Waals surface area contributed by atoms with Crippen LogP contribution in [0.5, 0.6) is 5.75 Å². The molecule has 6 heteroatoms. The van der Waals surface area contributed by atoms with Crippen molar-refractivity contribution in [1.82, 2.24) is 9.55 Å². The summed E-state index contributed by atoms with van der Waals surface area (Å²) in [5.41, 5.74) is 1.10. The largest absolute Gasteiger partial charge is 0.496 e. The van der Waals surface area contributed by atoms with E-state index < -0.39 is 5.97 Å². The van der Waals surface area contributed by atoms with E-state index in [9.17, 15) is 9.59 Å². The van der Waals surface area contributed by atoms with Gasteiger partial charge in [0.05, 0.1) is 24.8 Å². The highest BCUT2D eigenvalue weighted by atomic mass is 16.5. The van der Waals surface area contributed by atoms with Crippen molar-refractivity contribution >= 4 is 22.9 Å². The number of ether oxygens (including phenoxy) is 2. The lowest BCUT2D eigenvalue weighted by Crippen LogP contribution is -2.13. The van der Waals surface area contributed by atoms with Crippen LogP contribution in [0.3, 0.4) is 0 Å². The first-order valence-electron chi connectivity index (χ1n) is 7.48. The number of fused-ring (bicyclic) bond motifs is 1. The zero-order valence-corrected chi connectivity index (χ0v) is 13.4. The molecule has 1 aromatic carbocycles. The molecule has 0 aliphatic heterocycles. The topological polar surface area (TPSA) is 70.4 Å². The third-order valence-corrected chi connectivity index (χ3v) is 3.61. The molecule has 0 aliphatic carbocycles. The maximum atomic E-state index is 12.9. The van der Waals surface area contributed by atoms with Crippen LogP contribution in [0.4, 0.5) is 0 Å². The average Bonchev–Trinajstić information content (AvgIpc) is 3.01. The molecular weight excluding hydrogens is 308 g/mol. The van der Waals surface area contributed by atoms with E-state index in [1.807, 2.05) is 0 Å². The standard InChI is InChI=1S/C18H16N2O4/c1-3-24-18(22)14-11-20(16-12(14)8-6-10-19-16)17(21)13-7-4-5-9-15(13)23-2/h4-11H,3H2,1-2H3. The summed E-state index contributed by atoms with van der Waals surface area (Å²) in [6.07, 6.45) is 3.04. The number of hydrogen-bond acceptors (Lipinski definition) is 5. The predicted octanol–water partition coefficient (Wildman–Crippen LogP) is 2.91. The summed E-state index contributed by atoms with van der Waals surface area (Å²) >= 11 is 0. The van der Waals surface area contributed by atoms with Gasteiger partial charge in [-0.2, -0.15) is 0 Å². The normalized spacial score (nSPS) is 10.6. The fourth-order valence-electron chi connectivity index (χ4n) is 2.54. The Morgan fingerprint density at radius 3 is 2.67 bits per heavy atom. The van der Waals surface area contributed by atoms with Crippen LogP contribution in [0.15, 0.2) is 48.8 Å². The van der Waals surface area contributed by atoms with Gasteiger partial charge >= 0.3 is 5.97 Å². The molecule has 6 nitrogen and oxygen atoms in total. The molecule has 24 heavy (non-hydrogen) atoms. The Balaban J connectivity index is 2.16. The summed E-state index contributed by atoms with van der Waals surface area (Å²) in [6.45, 7) is 1.99. The molecule has 3 aromatic rings. The number of aromatic nitrogens is 2. The van der Waals surface area contributed by atoms with Gasteiger partial charge in [0.2, 0.25) is 0 Å². The molecule has 0 radical (unpaired) electrons. The number of carbonyl (C=O) groups excluding carboxylic acids is 2. The minimum Gasteiger partial charge on any atom is -0.496 e. The summed E-state index contributed by atoms with van der Waals surface area (Å²) in [7, 11) is 1.50. The van der Waals surface area contributed by atoms with Crippen molar-refractivity contribution < 1.29 is 19.1 Å². The van der Waals surface area contributed by atoms with E-state index in [-0.39, 0.29) is 12.5 Å². The summed E-state index contributed by atoms with van der Waals surface area (Å²) < 4.78 is 11.7. The van der Waals surface area contributed by atoms with Gasteiger partial charge in [0.25, 0.3) is 5.91 Å². The molecule has 0 aliphatic rings. The SMILES string of the molecule is CCOC(=O)c1cn(C(=O)c2ccccc2OC)c2ncccc12. The second-order valence-electron chi connectivity index (χ2n) is 5.01. The van der Waals surface area contributed by atoms with Crippen molar-refractivity contribution in [1.29, 1.82) is 0 Å². The van der Waals surface area contributed by atoms with Gasteiger partial charge in [0.1, 0.15) is 11.4 Å². The molecule has 0 fully saturated rings. The molecule has 0 N–H and O–H groups in total. The molecule has 0 saturated heterocycles. The maximum Gasteiger partial charge on any atom is 0.340 e. The Morgan fingerprint density at radius 2 is 1.92 bits per heavy atom. The van der Waals surface area contributed by atoms with E-state index in [1.54, 1.807) is 49.5 Å². The van der Waals surface area contributed by atoms with Crippen LogP contribution >= 0.6 is 0 Å². The van der Waals surface area contributed by atoms with Crippen LogP contribution in [0, 0.1) is 0 Å². The zero-order valence-electron chi connectivity index (χ0n) is 13.4. The number of nitrogens with zero attached hydrogens (tertiary/aromatic N) is 2. The lowest BCUT2D eigenvalue weighted by Gasteiger charge is -2.08. The monoisotopic (exact) mass is 324 g/mol. The average molecular weight is 324 g/mol. The van der Waals surface area contributed by atoms with Gasteiger partial charge in [-0.15, -0.1) is 0 Å². The Morgan fingerprint density at radius 1 is 1.12 bits per heavy atom. The second-order valence-corrected chi connectivity index (χ2v) is 5.01. The smallest absolute Gasteiger partial charge is 0.340 e. The van der Waals surface area contributed by atoms with E-state index >= 15 is 0 Å². The molecule has 0 spiro atoms. The molecule has 0 unspecified atom stereocenters. The first-order valence-corrected chi connectivity index (χ1v) is 7.48. The van der Waals surface area contributed by atoms with Crippen LogP contribution in [0.1, 0.15) is 27.6 Å². The molecule has 0 amide bonds. The van der Waals surface area contributed by atoms with E-state index in [0.29, 0.717) is 27.9 Å². The lowest BCUT2D eigenvalue weighted by atomic mass is 10.2. The minimum absolute atomic E-state index is 0.256. The summed E-state index contributed by atoms with van der Waals surface area (Å²) in [5.74, 6) is -0.355. The van der Waals surface area contributed by atoms with E-state index in [0.717, 1.165) is 0 Å². The van der Waals surface area contributed by atoms with Crippen molar-refractivity contribution in [2.75, 3.05) is 13.7 Å². The first-order chi connectivity index (χ1) is 11.7. The molecule has 0 saturated carbocycles. The maximum absolute atomic E-state index is 12.9. The molecule has 3 rings (SSSR count). The van der Waals surface area contributed by atoms with Crippen LogP contribution in [-0.2, 0) is 4.74 Å². The van der Waals surface area contributed by atoms with Crippen molar-refractivity contribution in [3.05, 3.63) is 59.9 Å². The van der Waals surface area contributed by atoms with Crippen molar-refractivity contribution in [2.24, 2.45) is 0 Å². The van der Waals surface area contributed by atoms with Crippen LogP contribution in [-0.4, -0.2) is 35.1 Å². The summed E-state index contributed by atoms with van der Waals surface area (Å²) in [5, 5.41) is 0.569. The molecule has 2 aromatic heterocycles. The van der Waals surface area contributed by atoms with Gasteiger partial charge < -0.3 is 9.47 Å². The number of carbonyl (C=O) groups is 2. The second kappa shape index (κ2) is 6.54. The number of methoxy groups -OCH3 is 1. The summed E-state index contributed by atoms with van der Waals surface area (Å²) in [6, 6.07) is 10.4. The number of benzene rings is 1. The molecular formula is C18H16N2O4. The highest BCUT2D eigenvalue weighted by Crippen LogP contribution is 2.24. The quantitative estimate of drug-likeness (QED) is 0.690. The van der Waals surface area contributed by atoms with Gasteiger partial charge in [-0.1, -0.05) is 12.1 Å². The highest BCUT2D eigenvalue weighted by molar-refractivity contribution is 6.09. The van der Waals surface area contributed by atoms with Crippen molar-refractivity contribution in [3.63, 3.8) is 0 Å². The van der Waals surface area contributed by atoms with E-state index in [1.165, 1.54) is 17.9 Å². The molecule has 122 valence electrons. The van der Waals surface area contributed by atoms with Crippen LogP contribution in [0.25, 0.3) is 11.0 Å². The fraction of sp³-hybridized carbons (Fsp3) is 0.167. The Labute approximate surface area is 138 Å². The van der Waals surface area contributed by atoms with E-state index in [4.69, 9.17) is 9.47 Å². The minimum atomic E-state index is -0.484. The van der Waals surface area contributed by atoms with Gasteiger partial charge in [-0.05, 0) is 31.2 Å². The zero-order chi connectivity index (χ0) is 17.1. The van der Waals surface area contributed by atoms with Crippen molar-refractivity contribution in [2.45, 2.75) is 6.92 Å². The number of para-hydroxylation sites is 1. The van der Waals surface area contributed by atoms with Crippen LogP contribution in [0.2, 0.25) is 0 Å². The fourth-order valence-corrected chi connectivity index (χ4v) is 2.54. The number of hydrogen-bond donors (Lipinski definition) is 0. The van der Waals surface area contributed by atoms with E-state index in [2.05, 4.69) is 4.98 Å². The number of pyridine rings is 1. The third kappa shape index (κ3) is 2.62. The number of esters is 1. The third-order valence-electron chi connectivity index (χ3n) is 3.61. The summed E-state index contributed by atoms with van der Waals surface area (Å²) in [4.78, 5) is 29.3. The van der Waals surface area contributed by atoms with Gasteiger partial charge in [-0.3, -0.25) is 9.36 Å². The Bertz CT molecular complexity index is 914. The van der Waals surface area contributed by atoms with Gasteiger partial charge in [0, 0.05) is 17.8 Å². The number of rotatable bonds is 4. The lowest BCUT2D eigenvalue weighted by molar-refractivity contribution is 0.0528. The van der Waals surface area contributed by atoms with Gasteiger partial charge in [-0.25, -0.2) is 9.78 Å². The van der Waals surface area contributed by atoms with Crippen molar-refractivity contribution in [3.8, 4) is 5.75 Å². The highest BCUT2D eigenvalue weighted by Gasteiger charge is 2.22. The molecule has 0 atom stereocenters. The van der Waals surface area contributed by atoms with Gasteiger partial charge in [0.15, 0.2) is 0 Å². The predicted molar refractivity (Wildman–Crippen MR) is 88.4 cm³/mol.